The van der Waals surface area contributed by atoms with Crippen LogP contribution in [0.25, 0.3) is 0 Å². The average Bonchev–Trinajstić information content (AvgIpc) is 2.38. The molecule has 0 spiro atoms. The van der Waals surface area contributed by atoms with Crippen LogP contribution in [0.15, 0.2) is 24.4 Å². The zero-order valence-electron chi connectivity index (χ0n) is 9.19. The van der Waals surface area contributed by atoms with Gasteiger partial charge in [0, 0.05) is 6.20 Å². The largest absolute Gasteiger partial charge is 0.461 e. The van der Waals surface area contributed by atoms with Gasteiger partial charge in [0.2, 0.25) is 0 Å². The molecule has 2 rings (SSSR count). The minimum Gasteiger partial charge on any atom is -0.461 e. The first kappa shape index (κ1) is 11.1. The van der Waals surface area contributed by atoms with Crippen molar-refractivity contribution in [3.05, 3.63) is 30.1 Å². The van der Waals surface area contributed by atoms with E-state index in [-0.39, 0.29) is 5.97 Å². The lowest BCUT2D eigenvalue weighted by Gasteiger charge is -2.21. The molecule has 4 nitrogen and oxygen atoms in total. The summed E-state index contributed by atoms with van der Waals surface area (Å²) >= 11 is 0. The number of aromatic nitrogens is 1. The Morgan fingerprint density at radius 1 is 1.44 bits per heavy atom. The van der Waals surface area contributed by atoms with E-state index in [0.717, 1.165) is 25.9 Å². The van der Waals surface area contributed by atoms with Gasteiger partial charge >= 0.3 is 5.97 Å². The van der Waals surface area contributed by atoms with Gasteiger partial charge in [-0.25, -0.2) is 9.78 Å². The number of carbonyl (C=O) groups excluding carboxylic acids is 1. The van der Waals surface area contributed by atoms with E-state index in [1.165, 1.54) is 0 Å². The monoisotopic (exact) mass is 220 g/mol. The van der Waals surface area contributed by atoms with Crippen LogP contribution in [-0.2, 0) is 4.74 Å². The van der Waals surface area contributed by atoms with Gasteiger partial charge < -0.3 is 10.1 Å². The van der Waals surface area contributed by atoms with Gasteiger partial charge in [-0.2, -0.15) is 0 Å². The summed E-state index contributed by atoms with van der Waals surface area (Å²) in [5.74, 6) is 0.174. The van der Waals surface area contributed by atoms with E-state index in [1.807, 2.05) is 0 Å². The molecule has 1 N–H and O–H groups in total. The number of ether oxygens (including phenoxy) is 1. The number of hydrogen-bond acceptors (Lipinski definition) is 4. The molecule has 0 aromatic carbocycles. The van der Waals surface area contributed by atoms with Crippen LogP contribution in [0.2, 0.25) is 0 Å². The summed E-state index contributed by atoms with van der Waals surface area (Å²) in [7, 11) is 0. The van der Waals surface area contributed by atoms with Crippen LogP contribution in [-0.4, -0.2) is 30.6 Å². The SMILES string of the molecule is O=C(OCC1CCNCC1)c1ccccn1. The third-order valence-electron chi connectivity index (χ3n) is 2.78. The Hall–Kier alpha value is -1.42. The van der Waals surface area contributed by atoms with Crippen LogP contribution in [0.1, 0.15) is 23.3 Å². The Morgan fingerprint density at radius 3 is 2.94 bits per heavy atom. The molecule has 0 saturated carbocycles. The van der Waals surface area contributed by atoms with E-state index in [9.17, 15) is 4.79 Å². The summed E-state index contributed by atoms with van der Waals surface area (Å²) in [6.45, 7) is 2.55. The number of esters is 1. The molecule has 0 unspecified atom stereocenters. The van der Waals surface area contributed by atoms with Crippen LogP contribution in [0, 0.1) is 5.92 Å². The molecule has 1 fully saturated rings. The van der Waals surface area contributed by atoms with Crippen molar-refractivity contribution in [2.24, 2.45) is 5.92 Å². The molecule has 1 saturated heterocycles. The number of pyridine rings is 1. The number of nitrogens with zero attached hydrogens (tertiary/aromatic N) is 1. The van der Waals surface area contributed by atoms with Gasteiger partial charge in [-0.15, -0.1) is 0 Å². The zero-order valence-corrected chi connectivity index (χ0v) is 9.19. The maximum Gasteiger partial charge on any atom is 0.356 e. The van der Waals surface area contributed by atoms with Crippen LogP contribution < -0.4 is 5.32 Å². The highest BCUT2D eigenvalue weighted by molar-refractivity contribution is 5.87. The van der Waals surface area contributed by atoms with E-state index in [4.69, 9.17) is 4.74 Å². The Labute approximate surface area is 95.0 Å². The third kappa shape index (κ3) is 3.03. The molecular formula is C12H16N2O2. The molecule has 0 amide bonds. The highest BCUT2D eigenvalue weighted by atomic mass is 16.5. The minimum atomic E-state index is -0.320. The number of piperidine rings is 1. The van der Waals surface area contributed by atoms with E-state index in [1.54, 1.807) is 24.4 Å². The second kappa shape index (κ2) is 5.61. The van der Waals surface area contributed by atoms with Gasteiger partial charge in [0.05, 0.1) is 6.61 Å². The van der Waals surface area contributed by atoms with Crippen molar-refractivity contribution < 1.29 is 9.53 Å². The predicted molar refractivity (Wildman–Crippen MR) is 60.1 cm³/mol. The Kier molecular flexibility index (Phi) is 3.88. The summed E-state index contributed by atoms with van der Waals surface area (Å²) in [4.78, 5) is 15.5. The lowest BCUT2D eigenvalue weighted by Crippen LogP contribution is -2.30. The molecule has 0 radical (unpaired) electrons. The molecule has 16 heavy (non-hydrogen) atoms. The number of carbonyl (C=O) groups is 1. The van der Waals surface area contributed by atoms with E-state index >= 15 is 0 Å². The first-order valence-corrected chi connectivity index (χ1v) is 5.65. The topological polar surface area (TPSA) is 51.2 Å². The maximum absolute atomic E-state index is 11.6. The lowest BCUT2D eigenvalue weighted by molar-refractivity contribution is 0.0409. The second-order valence-electron chi connectivity index (χ2n) is 4.01. The van der Waals surface area contributed by atoms with Gasteiger partial charge in [-0.05, 0) is 44.0 Å². The van der Waals surface area contributed by atoms with Gasteiger partial charge in [-0.1, -0.05) is 6.07 Å². The van der Waals surface area contributed by atoms with E-state index in [2.05, 4.69) is 10.3 Å². The van der Waals surface area contributed by atoms with Crippen molar-refractivity contribution in [2.45, 2.75) is 12.8 Å². The lowest BCUT2D eigenvalue weighted by atomic mass is 9.99. The smallest absolute Gasteiger partial charge is 0.356 e. The molecule has 0 atom stereocenters. The van der Waals surface area contributed by atoms with Gasteiger partial charge in [0.15, 0.2) is 0 Å². The quantitative estimate of drug-likeness (QED) is 0.779. The first-order chi connectivity index (χ1) is 7.86. The van der Waals surface area contributed by atoms with Gasteiger partial charge in [0.25, 0.3) is 0 Å². The number of nitrogens with one attached hydrogen (secondary N) is 1. The summed E-state index contributed by atoms with van der Waals surface area (Å²) in [5, 5.41) is 3.28. The van der Waals surface area contributed by atoms with Crippen molar-refractivity contribution in [2.75, 3.05) is 19.7 Å². The highest BCUT2D eigenvalue weighted by Crippen LogP contribution is 2.12. The molecule has 0 bridgehead atoms. The third-order valence-corrected chi connectivity index (χ3v) is 2.78. The Bertz CT molecular complexity index is 334. The molecular weight excluding hydrogens is 204 g/mol. The average molecular weight is 220 g/mol. The zero-order chi connectivity index (χ0) is 11.2. The van der Waals surface area contributed by atoms with E-state index in [0.29, 0.717) is 18.2 Å². The van der Waals surface area contributed by atoms with Gasteiger partial charge in [0.1, 0.15) is 5.69 Å². The minimum absolute atomic E-state index is 0.320. The Balaban J connectivity index is 1.79. The highest BCUT2D eigenvalue weighted by Gasteiger charge is 2.16. The molecule has 1 aromatic rings. The Morgan fingerprint density at radius 2 is 2.25 bits per heavy atom. The molecule has 1 aliphatic heterocycles. The van der Waals surface area contributed by atoms with Crippen molar-refractivity contribution in [1.29, 1.82) is 0 Å². The fraction of sp³-hybridized carbons (Fsp3) is 0.500. The van der Waals surface area contributed by atoms with Crippen molar-refractivity contribution in [3.63, 3.8) is 0 Å². The first-order valence-electron chi connectivity index (χ1n) is 5.65. The maximum atomic E-state index is 11.6. The fourth-order valence-electron chi connectivity index (χ4n) is 1.80. The summed E-state index contributed by atoms with van der Waals surface area (Å²) in [6.07, 6.45) is 3.76. The number of hydrogen-bond donors (Lipinski definition) is 1. The second-order valence-corrected chi connectivity index (χ2v) is 4.01. The van der Waals surface area contributed by atoms with Crippen molar-refractivity contribution in [1.82, 2.24) is 10.3 Å². The molecule has 0 aliphatic carbocycles. The van der Waals surface area contributed by atoms with Gasteiger partial charge in [-0.3, -0.25) is 0 Å². The molecule has 2 heterocycles. The molecule has 1 aliphatic rings. The van der Waals surface area contributed by atoms with Crippen LogP contribution in [0.3, 0.4) is 0 Å². The van der Waals surface area contributed by atoms with Crippen molar-refractivity contribution in [3.8, 4) is 0 Å². The fourth-order valence-corrected chi connectivity index (χ4v) is 1.80. The van der Waals surface area contributed by atoms with Crippen LogP contribution in [0.4, 0.5) is 0 Å². The molecule has 86 valence electrons. The summed E-state index contributed by atoms with van der Waals surface area (Å²) < 4.78 is 5.24. The van der Waals surface area contributed by atoms with Crippen LogP contribution in [0.5, 0.6) is 0 Å². The summed E-state index contributed by atoms with van der Waals surface area (Å²) in [5.41, 5.74) is 0.386. The standard InChI is InChI=1S/C12H16N2O2/c15-12(11-3-1-2-6-14-11)16-9-10-4-7-13-8-5-10/h1-3,6,10,13H,4-5,7-9H2. The summed E-state index contributed by atoms with van der Waals surface area (Å²) in [6, 6.07) is 5.24. The van der Waals surface area contributed by atoms with Crippen molar-refractivity contribution >= 4 is 5.97 Å². The van der Waals surface area contributed by atoms with Crippen LogP contribution >= 0.6 is 0 Å². The number of rotatable bonds is 3. The predicted octanol–water partition coefficient (Wildman–Crippen LogP) is 1.24. The normalized spacial score (nSPS) is 17.0. The molecule has 1 aromatic heterocycles. The molecule has 4 heteroatoms. The van der Waals surface area contributed by atoms with E-state index < -0.39 is 0 Å².